The van der Waals surface area contributed by atoms with Crippen molar-refractivity contribution in [3.63, 3.8) is 0 Å². The van der Waals surface area contributed by atoms with Gasteiger partial charge < -0.3 is 4.57 Å². The number of carbonyl (C=O) groups is 1. The van der Waals surface area contributed by atoms with E-state index in [0.29, 0.717) is 0 Å². The maximum atomic E-state index is 11.0. The number of carbonyl (C=O) groups excluding carboxylic acids is 1. The third kappa shape index (κ3) is 1.64. The Morgan fingerprint density at radius 3 is 2.50 bits per heavy atom. The standard InChI is InChI=1S/C14H17NO/c1-14(2,3)11-5-6-13-12(7-11)10(9-16)8-15(13)4/h5-9H,1-4H3. The molecule has 0 aliphatic heterocycles. The van der Waals surface area contributed by atoms with E-state index in [1.165, 1.54) is 5.56 Å². The van der Waals surface area contributed by atoms with Gasteiger partial charge in [0.1, 0.15) is 0 Å². The van der Waals surface area contributed by atoms with Crippen LogP contribution in [0.3, 0.4) is 0 Å². The number of benzene rings is 1. The summed E-state index contributed by atoms with van der Waals surface area (Å²) in [4.78, 5) is 11.0. The Morgan fingerprint density at radius 1 is 1.25 bits per heavy atom. The molecule has 2 nitrogen and oxygen atoms in total. The second-order valence-electron chi connectivity index (χ2n) is 5.30. The van der Waals surface area contributed by atoms with Crippen LogP contribution in [0, 0.1) is 0 Å². The molecule has 2 aromatic rings. The average molecular weight is 215 g/mol. The number of aromatic nitrogens is 1. The molecule has 0 amide bonds. The van der Waals surface area contributed by atoms with Crippen molar-refractivity contribution in [2.75, 3.05) is 0 Å². The number of hydrogen-bond donors (Lipinski definition) is 0. The molecule has 2 heteroatoms. The molecule has 0 saturated carbocycles. The first-order valence-electron chi connectivity index (χ1n) is 5.48. The predicted octanol–water partition coefficient (Wildman–Crippen LogP) is 3.29. The SMILES string of the molecule is Cn1cc(C=O)c2cc(C(C)(C)C)ccc21. The Kier molecular flexibility index (Phi) is 2.38. The number of nitrogens with zero attached hydrogens (tertiary/aromatic N) is 1. The van der Waals surface area contributed by atoms with Crippen LogP contribution in [0.4, 0.5) is 0 Å². The molecule has 0 aliphatic carbocycles. The molecular weight excluding hydrogens is 198 g/mol. The fourth-order valence-electron chi connectivity index (χ4n) is 1.98. The van der Waals surface area contributed by atoms with Crippen molar-refractivity contribution in [3.8, 4) is 0 Å². The van der Waals surface area contributed by atoms with E-state index in [9.17, 15) is 4.79 Å². The molecular formula is C14H17NO. The van der Waals surface area contributed by atoms with Gasteiger partial charge in [0, 0.05) is 29.7 Å². The van der Waals surface area contributed by atoms with Crippen LogP contribution in [0.15, 0.2) is 24.4 Å². The van der Waals surface area contributed by atoms with Crippen molar-refractivity contribution in [2.24, 2.45) is 7.05 Å². The molecule has 16 heavy (non-hydrogen) atoms. The van der Waals surface area contributed by atoms with Crippen LogP contribution < -0.4 is 0 Å². The van der Waals surface area contributed by atoms with Crippen molar-refractivity contribution in [2.45, 2.75) is 26.2 Å². The molecule has 1 aromatic carbocycles. The van der Waals surface area contributed by atoms with Crippen LogP contribution in [0.25, 0.3) is 10.9 Å². The summed E-state index contributed by atoms with van der Waals surface area (Å²) in [6, 6.07) is 6.35. The van der Waals surface area contributed by atoms with E-state index in [2.05, 4.69) is 39.0 Å². The third-order valence-corrected chi connectivity index (χ3v) is 3.01. The zero-order valence-electron chi connectivity index (χ0n) is 10.2. The Morgan fingerprint density at radius 2 is 1.94 bits per heavy atom. The fourth-order valence-corrected chi connectivity index (χ4v) is 1.98. The predicted molar refractivity (Wildman–Crippen MR) is 67.0 cm³/mol. The molecule has 0 N–H and O–H groups in total. The minimum atomic E-state index is 0.115. The molecule has 0 unspecified atom stereocenters. The van der Waals surface area contributed by atoms with Gasteiger partial charge in [0.25, 0.3) is 0 Å². The van der Waals surface area contributed by atoms with E-state index in [1.54, 1.807) is 0 Å². The molecule has 1 aromatic heterocycles. The third-order valence-electron chi connectivity index (χ3n) is 3.01. The van der Waals surface area contributed by atoms with Crippen molar-refractivity contribution in [1.82, 2.24) is 4.57 Å². The van der Waals surface area contributed by atoms with Crippen LogP contribution in [0.5, 0.6) is 0 Å². The second-order valence-corrected chi connectivity index (χ2v) is 5.30. The van der Waals surface area contributed by atoms with Crippen LogP contribution in [-0.4, -0.2) is 10.9 Å². The second kappa shape index (κ2) is 3.48. The van der Waals surface area contributed by atoms with Crippen molar-refractivity contribution in [1.29, 1.82) is 0 Å². The lowest BCUT2D eigenvalue weighted by atomic mass is 9.86. The Balaban J connectivity index is 2.74. The van der Waals surface area contributed by atoms with Crippen LogP contribution in [0.2, 0.25) is 0 Å². The van der Waals surface area contributed by atoms with Crippen molar-refractivity contribution < 1.29 is 4.79 Å². The lowest BCUT2D eigenvalue weighted by Crippen LogP contribution is -2.10. The highest BCUT2D eigenvalue weighted by atomic mass is 16.1. The Hall–Kier alpha value is -1.57. The molecule has 0 radical (unpaired) electrons. The number of fused-ring (bicyclic) bond motifs is 1. The van der Waals surface area contributed by atoms with Gasteiger partial charge in [-0.15, -0.1) is 0 Å². The number of rotatable bonds is 1. The van der Waals surface area contributed by atoms with Gasteiger partial charge >= 0.3 is 0 Å². The van der Waals surface area contributed by atoms with Crippen LogP contribution >= 0.6 is 0 Å². The number of hydrogen-bond acceptors (Lipinski definition) is 1. The first-order chi connectivity index (χ1) is 7.43. The summed E-state index contributed by atoms with van der Waals surface area (Å²) in [6.45, 7) is 6.53. The Bertz CT molecular complexity index is 544. The van der Waals surface area contributed by atoms with Gasteiger partial charge in [-0.05, 0) is 23.1 Å². The maximum absolute atomic E-state index is 11.0. The van der Waals surface area contributed by atoms with Crippen LogP contribution in [0.1, 0.15) is 36.7 Å². The van der Waals surface area contributed by atoms with E-state index in [4.69, 9.17) is 0 Å². The van der Waals surface area contributed by atoms with Gasteiger partial charge in [0.05, 0.1) is 0 Å². The first kappa shape index (κ1) is 10.9. The zero-order chi connectivity index (χ0) is 11.9. The first-order valence-corrected chi connectivity index (χ1v) is 5.48. The number of aryl methyl sites for hydroxylation is 1. The van der Waals surface area contributed by atoms with Gasteiger partial charge in [-0.3, -0.25) is 4.79 Å². The smallest absolute Gasteiger partial charge is 0.152 e. The number of aldehydes is 1. The Labute approximate surface area is 95.9 Å². The van der Waals surface area contributed by atoms with Gasteiger partial charge in [0.15, 0.2) is 6.29 Å². The molecule has 0 spiro atoms. The van der Waals surface area contributed by atoms with Crippen LogP contribution in [-0.2, 0) is 12.5 Å². The topological polar surface area (TPSA) is 22.0 Å². The molecule has 84 valence electrons. The lowest BCUT2D eigenvalue weighted by molar-refractivity contribution is 0.112. The normalized spacial score (nSPS) is 12.0. The van der Waals surface area contributed by atoms with Crippen molar-refractivity contribution in [3.05, 3.63) is 35.5 Å². The zero-order valence-corrected chi connectivity index (χ0v) is 10.2. The maximum Gasteiger partial charge on any atom is 0.152 e. The molecule has 1 heterocycles. The minimum absolute atomic E-state index is 0.115. The summed E-state index contributed by atoms with van der Waals surface area (Å²) in [6.07, 6.45) is 2.80. The molecule has 2 rings (SSSR count). The molecule has 0 fully saturated rings. The summed E-state index contributed by atoms with van der Waals surface area (Å²) >= 11 is 0. The van der Waals surface area contributed by atoms with E-state index in [1.807, 2.05) is 17.8 Å². The molecule has 0 saturated heterocycles. The highest BCUT2D eigenvalue weighted by Gasteiger charge is 2.15. The quantitative estimate of drug-likeness (QED) is 0.669. The molecule has 0 bridgehead atoms. The van der Waals surface area contributed by atoms with Gasteiger partial charge in [-0.2, -0.15) is 0 Å². The largest absolute Gasteiger partial charge is 0.350 e. The minimum Gasteiger partial charge on any atom is -0.350 e. The van der Waals surface area contributed by atoms with Crippen molar-refractivity contribution >= 4 is 17.2 Å². The summed E-state index contributed by atoms with van der Waals surface area (Å²) in [7, 11) is 1.96. The van der Waals surface area contributed by atoms with Gasteiger partial charge in [-0.1, -0.05) is 26.8 Å². The van der Waals surface area contributed by atoms with E-state index >= 15 is 0 Å². The fraction of sp³-hybridized carbons (Fsp3) is 0.357. The van der Waals surface area contributed by atoms with E-state index in [0.717, 1.165) is 22.8 Å². The highest BCUT2D eigenvalue weighted by molar-refractivity contribution is 5.98. The highest BCUT2D eigenvalue weighted by Crippen LogP contribution is 2.27. The van der Waals surface area contributed by atoms with E-state index in [-0.39, 0.29) is 5.41 Å². The summed E-state index contributed by atoms with van der Waals surface area (Å²) in [5.74, 6) is 0. The van der Waals surface area contributed by atoms with Gasteiger partial charge in [0.2, 0.25) is 0 Å². The molecule has 0 aliphatic rings. The van der Waals surface area contributed by atoms with Gasteiger partial charge in [-0.25, -0.2) is 0 Å². The summed E-state index contributed by atoms with van der Waals surface area (Å²) < 4.78 is 1.99. The summed E-state index contributed by atoms with van der Waals surface area (Å²) in [5.41, 5.74) is 3.25. The monoisotopic (exact) mass is 215 g/mol. The molecule has 0 atom stereocenters. The lowest BCUT2D eigenvalue weighted by Gasteiger charge is -2.19. The van der Waals surface area contributed by atoms with E-state index < -0.39 is 0 Å². The average Bonchev–Trinajstić information content (AvgIpc) is 2.54. The summed E-state index contributed by atoms with van der Waals surface area (Å²) in [5, 5.41) is 1.05.